The number of benzene rings is 1. The van der Waals surface area contributed by atoms with E-state index in [2.05, 4.69) is 27.0 Å². The molecular weight excluding hydrogens is 483 g/mol. The number of hydrogen-bond acceptors (Lipinski definition) is 4. The van der Waals surface area contributed by atoms with Gasteiger partial charge in [0.25, 0.3) is 0 Å². The number of halogens is 1. The Labute approximate surface area is 190 Å². The summed E-state index contributed by atoms with van der Waals surface area (Å²) >= 11 is 0. The van der Waals surface area contributed by atoms with Crippen LogP contribution in [0.3, 0.4) is 0 Å². The third-order valence-electron chi connectivity index (χ3n) is 5.07. The lowest BCUT2D eigenvalue weighted by atomic mass is 10.2. The number of hydrogen-bond donors (Lipinski definition) is 3. The van der Waals surface area contributed by atoms with E-state index in [9.17, 15) is 4.79 Å². The Kier molecular flexibility index (Phi) is 9.83. The van der Waals surface area contributed by atoms with E-state index in [1.807, 2.05) is 25.1 Å². The summed E-state index contributed by atoms with van der Waals surface area (Å²) in [6, 6.07) is 8.15. The molecule has 1 unspecified atom stereocenters. The molecule has 2 fully saturated rings. The van der Waals surface area contributed by atoms with Gasteiger partial charge < -0.3 is 25.4 Å². The fourth-order valence-electron chi connectivity index (χ4n) is 3.05. The second-order valence-electron chi connectivity index (χ2n) is 7.48. The van der Waals surface area contributed by atoms with Crippen molar-refractivity contribution in [1.29, 1.82) is 0 Å². The predicted octanol–water partition coefficient (Wildman–Crippen LogP) is 3.28. The Hall–Kier alpha value is -1.71. The summed E-state index contributed by atoms with van der Waals surface area (Å²) < 4.78 is 11.0. The Bertz CT molecular complexity index is 678. The van der Waals surface area contributed by atoms with Gasteiger partial charge in [-0.15, -0.1) is 24.0 Å². The van der Waals surface area contributed by atoms with Crippen LogP contribution in [0.4, 0.5) is 4.79 Å². The van der Waals surface area contributed by atoms with Crippen molar-refractivity contribution in [3.05, 3.63) is 29.8 Å². The molecule has 0 heterocycles. The zero-order chi connectivity index (χ0) is 19.8. The number of aliphatic imine (C=N–C) groups is 1. The fourth-order valence-corrected chi connectivity index (χ4v) is 3.05. The number of ether oxygens (including phenoxy) is 2. The first-order valence-corrected chi connectivity index (χ1v) is 10.3. The maximum Gasteiger partial charge on any atom is 0.407 e. The van der Waals surface area contributed by atoms with Gasteiger partial charge in [0, 0.05) is 25.7 Å². The highest BCUT2D eigenvalue weighted by Gasteiger charge is 2.32. The van der Waals surface area contributed by atoms with E-state index in [-0.39, 0.29) is 36.1 Å². The minimum Gasteiger partial charge on any atom is -0.493 e. The first kappa shape index (κ1) is 23.6. The number of nitrogens with zero attached hydrogens (tertiary/aromatic N) is 1. The van der Waals surface area contributed by atoms with Gasteiger partial charge in [0.15, 0.2) is 5.96 Å². The first-order chi connectivity index (χ1) is 13.7. The number of para-hydroxylation sites is 1. The molecule has 2 saturated carbocycles. The number of alkyl carbamates (subject to hydrolysis) is 1. The molecule has 1 atom stereocenters. The molecule has 162 valence electrons. The number of amides is 1. The van der Waals surface area contributed by atoms with E-state index >= 15 is 0 Å². The van der Waals surface area contributed by atoms with Gasteiger partial charge in [-0.2, -0.15) is 0 Å². The number of guanidine groups is 1. The SMILES string of the molecule is CCOC(=O)NC(CNC(=NC)NCc1ccccc1OCC1CC1)C1CC1.I. The lowest BCUT2D eigenvalue weighted by Gasteiger charge is -2.20. The maximum atomic E-state index is 11.7. The average Bonchev–Trinajstić information content (AvgIpc) is 3.60. The van der Waals surface area contributed by atoms with E-state index in [1.54, 1.807) is 7.05 Å². The molecule has 0 aromatic heterocycles. The molecule has 29 heavy (non-hydrogen) atoms. The second kappa shape index (κ2) is 12.1. The third-order valence-corrected chi connectivity index (χ3v) is 5.07. The zero-order valence-electron chi connectivity index (χ0n) is 17.3. The van der Waals surface area contributed by atoms with E-state index < -0.39 is 0 Å². The zero-order valence-corrected chi connectivity index (χ0v) is 19.6. The monoisotopic (exact) mass is 516 g/mol. The van der Waals surface area contributed by atoms with Gasteiger partial charge >= 0.3 is 6.09 Å². The molecule has 8 heteroatoms. The van der Waals surface area contributed by atoms with Crippen molar-refractivity contribution >= 4 is 36.0 Å². The summed E-state index contributed by atoms with van der Waals surface area (Å²) in [7, 11) is 1.75. The van der Waals surface area contributed by atoms with Crippen LogP contribution in [0.2, 0.25) is 0 Å². The molecule has 0 spiro atoms. The quantitative estimate of drug-likeness (QED) is 0.253. The third kappa shape index (κ3) is 8.28. The highest BCUT2D eigenvalue weighted by molar-refractivity contribution is 14.0. The molecule has 0 bridgehead atoms. The Morgan fingerprint density at radius 2 is 1.97 bits per heavy atom. The van der Waals surface area contributed by atoms with E-state index in [0.29, 0.717) is 31.6 Å². The van der Waals surface area contributed by atoms with Gasteiger partial charge in [-0.05, 0) is 50.5 Å². The first-order valence-electron chi connectivity index (χ1n) is 10.3. The van der Waals surface area contributed by atoms with Crippen LogP contribution in [0, 0.1) is 11.8 Å². The summed E-state index contributed by atoms with van der Waals surface area (Å²) in [5.41, 5.74) is 1.11. The van der Waals surface area contributed by atoms with E-state index in [1.165, 1.54) is 12.8 Å². The molecule has 3 N–H and O–H groups in total. The van der Waals surface area contributed by atoms with Crippen LogP contribution < -0.4 is 20.7 Å². The van der Waals surface area contributed by atoms with Crippen molar-refractivity contribution < 1.29 is 14.3 Å². The molecular formula is C21H33IN4O3. The van der Waals surface area contributed by atoms with Crippen LogP contribution in [-0.4, -0.2) is 44.9 Å². The lowest BCUT2D eigenvalue weighted by molar-refractivity contribution is 0.146. The molecule has 1 amide bonds. The summed E-state index contributed by atoms with van der Waals surface area (Å²) in [6.45, 7) is 4.22. The molecule has 1 aromatic rings. The van der Waals surface area contributed by atoms with Crippen LogP contribution in [-0.2, 0) is 11.3 Å². The van der Waals surface area contributed by atoms with Crippen LogP contribution >= 0.6 is 24.0 Å². The number of rotatable bonds is 10. The molecule has 0 saturated heterocycles. The van der Waals surface area contributed by atoms with Crippen LogP contribution in [0.15, 0.2) is 29.3 Å². The molecule has 0 radical (unpaired) electrons. The van der Waals surface area contributed by atoms with Gasteiger partial charge in [0.05, 0.1) is 19.3 Å². The number of carbonyl (C=O) groups excluding carboxylic acids is 1. The van der Waals surface area contributed by atoms with Gasteiger partial charge in [-0.25, -0.2) is 4.79 Å². The van der Waals surface area contributed by atoms with Gasteiger partial charge in [-0.3, -0.25) is 4.99 Å². The average molecular weight is 516 g/mol. The number of carbonyl (C=O) groups is 1. The normalized spacial score (nSPS) is 17.0. The van der Waals surface area contributed by atoms with Crippen molar-refractivity contribution in [1.82, 2.24) is 16.0 Å². The van der Waals surface area contributed by atoms with Crippen LogP contribution in [0.25, 0.3) is 0 Å². The summed E-state index contributed by atoms with van der Waals surface area (Å²) in [5.74, 6) is 2.86. The van der Waals surface area contributed by atoms with Crippen molar-refractivity contribution in [2.24, 2.45) is 16.8 Å². The van der Waals surface area contributed by atoms with Gasteiger partial charge in [0.2, 0.25) is 0 Å². The molecule has 2 aliphatic rings. The highest BCUT2D eigenvalue weighted by Crippen LogP contribution is 2.32. The molecule has 0 aliphatic heterocycles. The van der Waals surface area contributed by atoms with E-state index in [0.717, 1.165) is 36.7 Å². The Morgan fingerprint density at radius 1 is 1.21 bits per heavy atom. The van der Waals surface area contributed by atoms with Crippen molar-refractivity contribution in [2.75, 3.05) is 26.8 Å². The highest BCUT2D eigenvalue weighted by atomic mass is 127. The fraction of sp³-hybridized carbons (Fsp3) is 0.619. The summed E-state index contributed by atoms with van der Waals surface area (Å²) in [5, 5.41) is 9.60. The van der Waals surface area contributed by atoms with Crippen LogP contribution in [0.5, 0.6) is 5.75 Å². The van der Waals surface area contributed by atoms with Gasteiger partial charge in [0.1, 0.15) is 5.75 Å². The summed E-state index contributed by atoms with van der Waals surface area (Å²) in [4.78, 5) is 16.0. The summed E-state index contributed by atoms with van der Waals surface area (Å²) in [6.07, 6.45) is 4.47. The van der Waals surface area contributed by atoms with Crippen LogP contribution in [0.1, 0.15) is 38.2 Å². The topological polar surface area (TPSA) is 84.0 Å². The smallest absolute Gasteiger partial charge is 0.407 e. The molecule has 2 aliphatic carbocycles. The molecule has 3 rings (SSSR count). The minimum atomic E-state index is -0.356. The maximum absolute atomic E-state index is 11.7. The standard InChI is InChI=1S/C21H32N4O3.HI/c1-3-27-21(26)25-18(16-10-11-16)13-24-20(22-2)23-12-17-6-4-5-7-19(17)28-14-15-8-9-15;/h4-7,15-16,18H,3,8-14H2,1-2H3,(H,25,26)(H2,22,23,24);1H. The largest absolute Gasteiger partial charge is 0.493 e. The predicted molar refractivity (Wildman–Crippen MR) is 125 cm³/mol. The molecule has 1 aromatic carbocycles. The Balaban J connectivity index is 0.00000300. The Morgan fingerprint density at radius 3 is 2.62 bits per heavy atom. The lowest BCUT2D eigenvalue weighted by Crippen LogP contribution is -2.48. The van der Waals surface area contributed by atoms with Crippen molar-refractivity contribution in [3.8, 4) is 5.75 Å². The van der Waals surface area contributed by atoms with E-state index in [4.69, 9.17) is 9.47 Å². The van der Waals surface area contributed by atoms with Crippen molar-refractivity contribution in [3.63, 3.8) is 0 Å². The number of nitrogens with one attached hydrogen (secondary N) is 3. The van der Waals surface area contributed by atoms with Gasteiger partial charge in [-0.1, -0.05) is 18.2 Å². The minimum absolute atomic E-state index is 0. The van der Waals surface area contributed by atoms with Crippen molar-refractivity contribution in [2.45, 2.75) is 45.2 Å². The second-order valence-corrected chi connectivity index (χ2v) is 7.48. The molecule has 7 nitrogen and oxygen atoms in total.